The standard InChI is InChI=1S/C18H19BrFNO3/c1-11(2)24-14-5-3-4-12(8-14)17(22)10-21-18(23)15-9-13(19)6-7-16(15)20/h3-9,11,17,22H,10H2,1-2H3,(H,21,23). The van der Waals surface area contributed by atoms with Crippen LogP contribution in [0, 0.1) is 5.82 Å². The van der Waals surface area contributed by atoms with E-state index in [2.05, 4.69) is 21.2 Å². The van der Waals surface area contributed by atoms with Gasteiger partial charge in [0.15, 0.2) is 0 Å². The van der Waals surface area contributed by atoms with Gasteiger partial charge in [-0.2, -0.15) is 0 Å². The number of hydrogen-bond acceptors (Lipinski definition) is 3. The summed E-state index contributed by atoms with van der Waals surface area (Å²) >= 11 is 3.20. The molecule has 0 aliphatic heterocycles. The fraction of sp³-hybridized carbons (Fsp3) is 0.278. The molecule has 4 nitrogen and oxygen atoms in total. The van der Waals surface area contributed by atoms with Crippen LogP contribution in [0.5, 0.6) is 5.75 Å². The van der Waals surface area contributed by atoms with Crippen molar-refractivity contribution in [2.75, 3.05) is 6.54 Å². The van der Waals surface area contributed by atoms with Crippen molar-refractivity contribution in [3.63, 3.8) is 0 Å². The molecule has 2 aromatic rings. The summed E-state index contributed by atoms with van der Waals surface area (Å²) in [5.41, 5.74) is 0.539. The Bertz CT molecular complexity index is 721. The Hall–Kier alpha value is -1.92. The van der Waals surface area contributed by atoms with Gasteiger partial charge in [0.2, 0.25) is 0 Å². The lowest BCUT2D eigenvalue weighted by Crippen LogP contribution is -2.29. The summed E-state index contributed by atoms with van der Waals surface area (Å²) in [6.07, 6.45) is -0.892. The summed E-state index contributed by atoms with van der Waals surface area (Å²) in [5, 5.41) is 12.8. The maximum absolute atomic E-state index is 13.7. The van der Waals surface area contributed by atoms with Gasteiger partial charge in [-0.15, -0.1) is 0 Å². The maximum Gasteiger partial charge on any atom is 0.254 e. The molecule has 128 valence electrons. The molecule has 0 fully saturated rings. The molecule has 2 N–H and O–H groups in total. The predicted octanol–water partition coefficient (Wildman–Crippen LogP) is 3.84. The number of hydrogen-bond donors (Lipinski definition) is 2. The summed E-state index contributed by atoms with van der Waals surface area (Å²) in [6.45, 7) is 3.79. The van der Waals surface area contributed by atoms with Crippen molar-refractivity contribution in [1.29, 1.82) is 0 Å². The highest BCUT2D eigenvalue weighted by Crippen LogP contribution is 2.20. The van der Waals surface area contributed by atoms with Crippen molar-refractivity contribution in [3.8, 4) is 5.75 Å². The van der Waals surface area contributed by atoms with Crippen LogP contribution in [0.25, 0.3) is 0 Å². The number of aliphatic hydroxyl groups is 1. The van der Waals surface area contributed by atoms with Crippen LogP contribution in [0.3, 0.4) is 0 Å². The number of ether oxygens (including phenoxy) is 1. The Morgan fingerprint density at radius 1 is 1.29 bits per heavy atom. The molecule has 6 heteroatoms. The van der Waals surface area contributed by atoms with Crippen molar-refractivity contribution in [2.45, 2.75) is 26.1 Å². The van der Waals surface area contributed by atoms with Crippen LogP contribution in [0.2, 0.25) is 0 Å². The van der Waals surface area contributed by atoms with E-state index >= 15 is 0 Å². The van der Waals surface area contributed by atoms with E-state index in [9.17, 15) is 14.3 Å². The SMILES string of the molecule is CC(C)Oc1cccc(C(O)CNC(=O)c2cc(Br)ccc2F)c1. The van der Waals surface area contributed by atoms with Gasteiger partial charge in [0.05, 0.1) is 17.8 Å². The van der Waals surface area contributed by atoms with E-state index in [-0.39, 0.29) is 18.2 Å². The van der Waals surface area contributed by atoms with Crippen molar-refractivity contribution < 1.29 is 19.0 Å². The van der Waals surface area contributed by atoms with Gasteiger partial charge in [-0.25, -0.2) is 4.39 Å². The topological polar surface area (TPSA) is 58.6 Å². The lowest BCUT2D eigenvalue weighted by molar-refractivity contribution is 0.0912. The highest BCUT2D eigenvalue weighted by molar-refractivity contribution is 9.10. The number of amides is 1. The lowest BCUT2D eigenvalue weighted by Gasteiger charge is -2.15. The van der Waals surface area contributed by atoms with Crippen LogP contribution in [-0.2, 0) is 0 Å². The summed E-state index contributed by atoms with van der Waals surface area (Å²) in [6, 6.07) is 11.1. The van der Waals surface area contributed by atoms with E-state index in [4.69, 9.17) is 4.74 Å². The zero-order chi connectivity index (χ0) is 17.7. The quantitative estimate of drug-likeness (QED) is 0.780. The average molecular weight is 396 g/mol. The molecule has 0 aromatic heterocycles. The Balaban J connectivity index is 2.01. The third-order valence-corrected chi connectivity index (χ3v) is 3.74. The molecule has 0 aliphatic rings. The Morgan fingerprint density at radius 2 is 2.04 bits per heavy atom. The molecule has 2 aromatic carbocycles. The van der Waals surface area contributed by atoms with Gasteiger partial charge in [-0.3, -0.25) is 4.79 Å². The Kier molecular flexibility index (Phi) is 6.34. The second-order valence-electron chi connectivity index (χ2n) is 5.59. The molecule has 1 amide bonds. The minimum absolute atomic E-state index is 0.0246. The normalized spacial score (nSPS) is 12.1. The first-order chi connectivity index (χ1) is 11.4. The number of aliphatic hydroxyl groups excluding tert-OH is 1. The molecule has 0 aliphatic carbocycles. The molecule has 2 rings (SSSR count). The fourth-order valence-corrected chi connectivity index (χ4v) is 2.50. The maximum atomic E-state index is 13.7. The van der Waals surface area contributed by atoms with Gasteiger partial charge in [0.25, 0.3) is 5.91 Å². The van der Waals surface area contributed by atoms with Crippen molar-refractivity contribution in [1.82, 2.24) is 5.32 Å². The molecule has 1 atom stereocenters. The Labute approximate surface area is 148 Å². The second kappa shape index (κ2) is 8.26. The predicted molar refractivity (Wildman–Crippen MR) is 93.6 cm³/mol. The molecule has 0 radical (unpaired) electrons. The molecule has 0 saturated carbocycles. The van der Waals surface area contributed by atoms with Gasteiger partial charge in [-0.05, 0) is 49.7 Å². The molecule has 0 saturated heterocycles. The number of benzene rings is 2. The Morgan fingerprint density at radius 3 is 2.75 bits per heavy atom. The molecular formula is C18H19BrFNO3. The first-order valence-electron chi connectivity index (χ1n) is 7.54. The first-order valence-corrected chi connectivity index (χ1v) is 8.34. The zero-order valence-corrected chi connectivity index (χ0v) is 15.0. The van der Waals surface area contributed by atoms with Gasteiger partial charge in [0.1, 0.15) is 11.6 Å². The van der Waals surface area contributed by atoms with Gasteiger partial charge in [-0.1, -0.05) is 28.1 Å². The molecule has 0 bridgehead atoms. The lowest BCUT2D eigenvalue weighted by atomic mass is 10.1. The summed E-state index contributed by atoms with van der Waals surface area (Å²) in [5.74, 6) is -0.550. The summed E-state index contributed by atoms with van der Waals surface area (Å²) in [7, 11) is 0. The van der Waals surface area contributed by atoms with Gasteiger partial charge < -0.3 is 15.2 Å². The minimum Gasteiger partial charge on any atom is -0.491 e. The molecule has 1 unspecified atom stereocenters. The number of halogens is 2. The van der Waals surface area contributed by atoms with E-state index in [1.54, 1.807) is 24.3 Å². The van der Waals surface area contributed by atoms with Crippen LogP contribution >= 0.6 is 15.9 Å². The summed E-state index contributed by atoms with van der Waals surface area (Å²) < 4.78 is 19.9. The van der Waals surface area contributed by atoms with E-state index in [0.717, 1.165) is 0 Å². The molecule has 0 heterocycles. The molecule has 24 heavy (non-hydrogen) atoms. The number of nitrogens with one attached hydrogen (secondary N) is 1. The van der Waals surface area contributed by atoms with Gasteiger partial charge >= 0.3 is 0 Å². The average Bonchev–Trinajstić information content (AvgIpc) is 2.54. The van der Waals surface area contributed by atoms with Crippen LogP contribution in [0.4, 0.5) is 4.39 Å². The van der Waals surface area contributed by atoms with E-state index < -0.39 is 17.8 Å². The molecule has 0 spiro atoms. The van der Waals surface area contributed by atoms with Crippen LogP contribution in [-0.4, -0.2) is 23.7 Å². The smallest absolute Gasteiger partial charge is 0.254 e. The number of carbonyl (C=O) groups is 1. The summed E-state index contributed by atoms with van der Waals surface area (Å²) in [4.78, 5) is 12.1. The monoisotopic (exact) mass is 395 g/mol. The number of rotatable bonds is 6. The fourth-order valence-electron chi connectivity index (χ4n) is 2.14. The van der Waals surface area contributed by atoms with Crippen LogP contribution in [0.15, 0.2) is 46.9 Å². The number of carbonyl (C=O) groups excluding carboxylic acids is 1. The largest absolute Gasteiger partial charge is 0.491 e. The van der Waals surface area contributed by atoms with E-state index in [1.165, 1.54) is 18.2 Å². The first kappa shape index (κ1) is 18.4. The van der Waals surface area contributed by atoms with Crippen LogP contribution < -0.4 is 10.1 Å². The molecular weight excluding hydrogens is 377 g/mol. The van der Waals surface area contributed by atoms with Crippen LogP contribution in [0.1, 0.15) is 35.9 Å². The van der Waals surface area contributed by atoms with Gasteiger partial charge in [0, 0.05) is 11.0 Å². The minimum atomic E-state index is -0.917. The van der Waals surface area contributed by atoms with Crippen molar-refractivity contribution in [3.05, 3.63) is 63.9 Å². The van der Waals surface area contributed by atoms with Crippen molar-refractivity contribution >= 4 is 21.8 Å². The third kappa shape index (κ3) is 5.04. The van der Waals surface area contributed by atoms with Crippen molar-refractivity contribution in [2.24, 2.45) is 0 Å². The third-order valence-electron chi connectivity index (χ3n) is 3.24. The highest BCUT2D eigenvalue weighted by atomic mass is 79.9. The van der Waals surface area contributed by atoms with E-state index in [1.807, 2.05) is 13.8 Å². The zero-order valence-electron chi connectivity index (χ0n) is 13.4. The second-order valence-corrected chi connectivity index (χ2v) is 6.50. The van der Waals surface area contributed by atoms with E-state index in [0.29, 0.717) is 15.8 Å². The highest BCUT2D eigenvalue weighted by Gasteiger charge is 2.15.